The van der Waals surface area contributed by atoms with Crippen LogP contribution in [-0.4, -0.2) is 53.4 Å². The number of amidine groups is 1. The molecular formula is C23H23FN4O2S. The number of ether oxygens (including phenoxy) is 1. The zero-order chi connectivity index (χ0) is 21.6. The lowest BCUT2D eigenvalue weighted by atomic mass is 10.2. The number of thioether (sulfide) groups is 1. The molecule has 0 aliphatic carbocycles. The molecule has 2 heterocycles. The summed E-state index contributed by atoms with van der Waals surface area (Å²) in [4.78, 5) is 9.57. The number of para-hydroxylation sites is 1. The monoisotopic (exact) mass is 438 g/mol. The largest absolute Gasteiger partial charge is 0.437 e. The number of pyridine rings is 1. The number of oxime groups is 1. The summed E-state index contributed by atoms with van der Waals surface area (Å²) in [6.45, 7) is 2.73. The van der Waals surface area contributed by atoms with Crippen molar-refractivity contribution in [2.45, 2.75) is 4.90 Å². The van der Waals surface area contributed by atoms with E-state index in [4.69, 9.17) is 4.74 Å². The Kier molecular flexibility index (Phi) is 6.57. The molecule has 0 saturated carbocycles. The molecule has 1 aromatic heterocycles. The minimum Gasteiger partial charge on any atom is -0.437 e. The van der Waals surface area contributed by atoms with E-state index < -0.39 is 0 Å². The Labute approximate surface area is 185 Å². The summed E-state index contributed by atoms with van der Waals surface area (Å²) < 4.78 is 19.3. The lowest BCUT2D eigenvalue weighted by molar-refractivity contribution is 0.295. The molecule has 0 radical (unpaired) electrons. The highest BCUT2D eigenvalue weighted by atomic mass is 32.2. The molecule has 4 rings (SSSR count). The molecule has 160 valence electrons. The van der Waals surface area contributed by atoms with Crippen molar-refractivity contribution in [3.63, 3.8) is 0 Å². The van der Waals surface area contributed by atoms with Crippen LogP contribution in [0.3, 0.4) is 0 Å². The predicted octanol–water partition coefficient (Wildman–Crippen LogP) is 4.69. The van der Waals surface area contributed by atoms with Gasteiger partial charge in [-0.2, -0.15) is 0 Å². The lowest BCUT2D eigenvalue weighted by Crippen LogP contribution is -2.49. The van der Waals surface area contributed by atoms with Crippen LogP contribution in [0.5, 0.6) is 11.6 Å². The number of anilines is 1. The van der Waals surface area contributed by atoms with E-state index in [-0.39, 0.29) is 5.82 Å². The van der Waals surface area contributed by atoms with E-state index in [0.29, 0.717) is 36.1 Å². The van der Waals surface area contributed by atoms with Crippen molar-refractivity contribution >= 4 is 23.3 Å². The van der Waals surface area contributed by atoms with Crippen LogP contribution in [-0.2, 0) is 0 Å². The van der Waals surface area contributed by atoms with Crippen molar-refractivity contribution in [1.82, 2.24) is 9.88 Å². The van der Waals surface area contributed by atoms with Gasteiger partial charge < -0.3 is 19.7 Å². The highest BCUT2D eigenvalue weighted by Gasteiger charge is 2.24. The van der Waals surface area contributed by atoms with Gasteiger partial charge in [0.05, 0.1) is 5.56 Å². The van der Waals surface area contributed by atoms with Gasteiger partial charge in [-0.05, 0) is 54.8 Å². The van der Waals surface area contributed by atoms with Crippen molar-refractivity contribution in [3.8, 4) is 11.6 Å². The van der Waals surface area contributed by atoms with Gasteiger partial charge in [0.25, 0.3) is 0 Å². The first-order valence-corrected chi connectivity index (χ1v) is 11.2. The maximum Gasteiger partial charge on any atom is 0.230 e. The van der Waals surface area contributed by atoms with Crippen molar-refractivity contribution in [2.75, 3.05) is 37.3 Å². The Hall–Kier alpha value is -3.26. The van der Waals surface area contributed by atoms with Crippen LogP contribution in [0, 0.1) is 5.82 Å². The summed E-state index contributed by atoms with van der Waals surface area (Å²) in [6.07, 6.45) is 3.64. The summed E-state index contributed by atoms with van der Waals surface area (Å²) in [5.41, 5.74) is 1.60. The average Bonchev–Trinajstić information content (AvgIpc) is 2.82. The molecule has 0 spiro atoms. The minimum absolute atomic E-state index is 0.246. The molecule has 0 unspecified atom stereocenters. The van der Waals surface area contributed by atoms with Gasteiger partial charge in [0.2, 0.25) is 5.88 Å². The van der Waals surface area contributed by atoms with E-state index in [9.17, 15) is 9.60 Å². The number of halogens is 1. The van der Waals surface area contributed by atoms with Crippen LogP contribution in [0.2, 0.25) is 0 Å². The molecule has 8 heteroatoms. The third-order valence-electron chi connectivity index (χ3n) is 5.15. The highest BCUT2D eigenvalue weighted by Crippen LogP contribution is 2.32. The SMILES string of the molecule is CSc1ccccc1Oc1ncccc1/C(=N/O)N1CCN(c2ccc(F)cc2)CC1. The van der Waals surface area contributed by atoms with E-state index in [2.05, 4.69) is 15.0 Å². The molecule has 0 amide bonds. The Balaban J connectivity index is 1.52. The second-order valence-corrected chi connectivity index (χ2v) is 7.83. The molecule has 1 aliphatic heterocycles. The number of rotatable bonds is 5. The molecule has 1 N–H and O–H groups in total. The maximum atomic E-state index is 13.2. The fourth-order valence-corrected chi connectivity index (χ4v) is 4.09. The topological polar surface area (TPSA) is 61.2 Å². The molecule has 1 aliphatic rings. The zero-order valence-electron chi connectivity index (χ0n) is 17.1. The van der Waals surface area contributed by atoms with Crippen molar-refractivity contribution in [1.29, 1.82) is 0 Å². The van der Waals surface area contributed by atoms with Crippen molar-refractivity contribution < 1.29 is 14.3 Å². The molecule has 31 heavy (non-hydrogen) atoms. The molecular weight excluding hydrogens is 415 g/mol. The molecule has 6 nitrogen and oxygen atoms in total. The summed E-state index contributed by atoms with van der Waals surface area (Å²) in [6, 6.07) is 17.9. The molecule has 0 atom stereocenters. The number of benzene rings is 2. The molecule has 2 aromatic carbocycles. The summed E-state index contributed by atoms with van der Waals surface area (Å²) >= 11 is 1.59. The lowest BCUT2D eigenvalue weighted by Gasteiger charge is -2.37. The molecule has 1 fully saturated rings. The predicted molar refractivity (Wildman–Crippen MR) is 121 cm³/mol. The van der Waals surface area contributed by atoms with Gasteiger partial charge >= 0.3 is 0 Å². The number of nitrogens with zero attached hydrogens (tertiary/aromatic N) is 4. The summed E-state index contributed by atoms with van der Waals surface area (Å²) in [5.74, 6) is 1.26. The number of aromatic nitrogens is 1. The van der Waals surface area contributed by atoms with E-state index in [0.717, 1.165) is 23.7 Å². The second kappa shape index (κ2) is 9.70. The normalized spacial score (nSPS) is 14.6. The quantitative estimate of drug-likeness (QED) is 0.205. The first-order valence-electron chi connectivity index (χ1n) is 9.93. The van der Waals surface area contributed by atoms with Crippen LogP contribution in [0.15, 0.2) is 76.9 Å². The Bertz CT molecular complexity index is 1050. The van der Waals surface area contributed by atoms with Crippen LogP contribution < -0.4 is 9.64 Å². The van der Waals surface area contributed by atoms with Crippen LogP contribution in [0.4, 0.5) is 10.1 Å². The number of piperazine rings is 1. The standard InChI is InChI=1S/C23H23FN4O2S/c1-31-21-7-3-2-6-20(21)30-23-19(5-4-12-25-23)22(26-29)28-15-13-27(14-16-28)18-10-8-17(24)9-11-18/h2-12,29H,13-16H2,1H3/b26-22-. The van der Waals surface area contributed by atoms with E-state index in [1.54, 1.807) is 36.2 Å². The van der Waals surface area contributed by atoms with Gasteiger partial charge in [-0.25, -0.2) is 9.37 Å². The van der Waals surface area contributed by atoms with Crippen LogP contribution >= 0.6 is 11.8 Å². The number of hydrogen-bond donors (Lipinski definition) is 1. The van der Waals surface area contributed by atoms with E-state index >= 15 is 0 Å². The van der Waals surface area contributed by atoms with E-state index in [1.165, 1.54) is 12.1 Å². The maximum absolute atomic E-state index is 13.2. The van der Waals surface area contributed by atoms with Gasteiger partial charge in [0.15, 0.2) is 5.84 Å². The Morgan fingerprint density at radius 1 is 1.03 bits per heavy atom. The third kappa shape index (κ3) is 4.74. The molecule has 0 bridgehead atoms. The fourth-order valence-electron chi connectivity index (χ4n) is 3.57. The third-order valence-corrected chi connectivity index (χ3v) is 5.93. The average molecular weight is 439 g/mol. The Morgan fingerprint density at radius 3 is 2.48 bits per heavy atom. The smallest absolute Gasteiger partial charge is 0.230 e. The summed E-state index contributed by atoms with van der Waals surface area (Å²) in [5, 5.41) is 13.4. The van der Waals surface area contributed by atoms with E-state index in [1.807, 2.05) is 41.5 Å². The van der Waals surface area contributed by atoms with Gasteiger partial charge in [0, 0.05) is 43.0 Å². The van der Waals surface area contributed by atoms with Gasteiger partial charge in [0.1, 0.15) is 11.6 Å². The van der Waals surface area contributed by atoms with Gasteiger partial charge in [-0.3, -0.25) is 0 Å². The van der Waals surface area contributed by atoms with Crippen molar-refractivity contribution in [2.24, 2.45) is 5.16 Å². The molecule has 1 saturated heterocycles. The molecule has 3 aromatic rings. The Morgan fingerprint density at radius 2 is 1.77 bits per heavy atom. The highest BCUT2D eigenvalue weighted by molar-refractivity contribution is 7.98. The summed E-state index contributed by atoms with van der Waals surface area (Å²) in [7, 11) is 0. The van der Waals surface area contributed by atoms with Crippen LogP contribution in [0.1, 0.15) is 5.56 Å². The second-order valence-electron chi connectivity index (χ2n) is 6.98. The van der Waals surface area contributed by atoms with Gasteiger partial charge in [-0.15, -0.1) is 11.8 Å². The van der Waals surface area contributed by atoms with Crippen molar-refractivity contribution in [3.05, 3.63) is 78.2 Å². The fraction of sp³-hybridized carbons (Fsp3) is 0.217. The first kappa shape index (κ1) is 21.0. The van der Waals surface area contributed by atoms with Crippen LogP contribution in [0.25, 0.3) is 0 Å². The number of hydrogen-bond acceptors (Lipinski definition) is 6. The first-order chi connectivity index (χ1) is 15.2. The minimum atomic E-state index is -0.246. The zero-order valence-corrected chi connectivity index (χ0v) is 17.9. The van der Waals surface area contributed by atoms with Gasteiger partial charge in [-0.1, -0.05) is 17.3 Å².